The van der Waals surface area contributed by atoms with Gasteiger partial charge in [-0.2, -0.15) is 16.9 Å². The van der Waals surface area contributed by atoms with Crippen LogP contribution in [0.4, 0.5) is 0 Å². The van der Waals surface area contributed by atoms with Crippen LogP contribution in [-0.2, 0) is 13.0 Å². The summed E-state index contributed by atoms with van der Waals surface area (Å²) in [5, 5.41) is 11.1. The third-order valence-electron chi connectivity index (χ3n) is 3.66. The number of nitrogens with one attached hydrogen (secondary N) is 2. The van der Waals surface area contributed by atoms with Crippen LogP contribution in [-0.4, -0.2) is 50.9 Å². The first-order chi connectivity index (χ1) is 10.0. The zero-order valence-corrected chi connectivity index (χ0v) is 16.9. The van der Waals surface area contributed by atoms with Crippen LogP contribution in [0.5, 0.6) is 0 Å². The molecule has 2 heterocycles. The molecule has 0 aliphatic carbocycles. The number of aromatic nitrogens is 3. The molecule has 0 bridgehead atoms. The summed E-state index contributed by atoms with van der Waals surface area (Å²) in [5.74, 6) is 1.98. The largest absolute Gasteiger partial charge is 0.357 e. The van der Waals surface area contributed by atoms with Gasteiger partial charge in [0.15, 0.2) is 5.96 Å². The van der Waals surface area contributed by atoms with Gasteiger partial charge in [-0.3, -0.25) is 4.99 Å². The highest BCUT2D eigenvalue weighted by Gasteiger charge is 2.21. The first-order valence-corrected chi connectivity index (χ1v) is 8.73. The van der Waals surface area contributed by atoms with Crippen molar-refractivity contribution in [1.29, 1.82) is 0 Å². The molecule has 0 aromatic carbocycles. The van der Waals surface area contributed by atoms with Gasteiger partial charge < -0.3 is 10.6 Å². The van der Waals surface area contributed by atoms with E-state index in [1.807, 2.05) is 16.4 Å². The van der Waals surface area contributed by atoms with Gasteiger partial charge in [-0.1, -0.05) is 0 Å². The van der Waals surface area contributed by atoms with Crippen molar-refractivity contribution in [3.05, 3.63) is 12.2 Å². The minimum absolute atomic E-state index is 0. The SMILES string of the molecule is CCNC(=NCC(C)(C)SC)NC1CCc2ncnn2C1.I. The van der Waals surface area contributed by atoms with Crippen LogP contribution < -0.4 is 10.6 Å². The Kier molecular flexibility index (Phi) is 7.95. The molecule has 0 amide bonds. The number of aryl methyl sites for hydroxylation is 1. The molecule has 0 saturated heterocycles. The lowest BCUT2D eigenvalue weighted by atomic mass is 10.1. The summed E-state index contributed by atoms with van der Waals surface area (Å²) in [5.41, 5.74) is 0. The Morgan fingerprint density at radius 2 is 2.32 bits per heavy atom. The van der Waals surface area contributed by atoms with Crippen molar-refractivity contribution in [2.45, 2.75) is 50.9 Å². The summed E-state index contributed by atoms with van der Waals surface area (Å²) in [6.07, 6.45) is 5.80. The van der Waals surface area contributed by atoms with E-state index in [-0.39, 0.29) is 28.7 Å². The van der Waals surface area contributed by atoms with E-state index in [0.29, 0.717) is 6.04 Å². The second-order valence-corrected chi connectivity index (χ2v) is 7.41. The van der Waals surface area contributed by atoms with Crippen LogP contribution in [0.1, 0.15) is 33.0 Å². The van der Waals surface area contributed by atoms with E-state index in [2.05, 4.69) is 47.7 Å². The van der Waals surface area contributed by atoms with Crippen molar-refractivity contribution >= 4 is 41.7 Å². The van der Waals surface area contributed by atoms with Crippen LogP contribution in [0.15, 0.2) is 11.3 Å². The molecule has 0 fully saturated rings. The minimum Gasteiger partial charge on any atom is -0.357 e. The lowest BCUT2D eigenvalue weighted by molar-refractivity contribution is 0.392. The van der Waals surface area contributed by atoms with E-state index in [9.17, 15) is 0 Å². The van der Waals surface area contributed by atoms with E-state index >= 15 is 0 Å². The second kappa shape index (κ2) is 8.95. The van der Waals surface area contributed by atoms with Crippen molar-refractivity contribution in [2.24, 2.45) is 4.99 Å². The highest BCUT2D eigenvalue weighted by atomic mass is 127. The molecule has 1 unspecified atom stereocenters. The molecular formula is C14H27IN6S. The van der Waals surface area contributed by atoms with E-state index in [4.69, 9.17) is 4.99 Å². The average Bonchev–Trinajstić information content (AvgIpc) is 2.93. The molecule has 1 aromatic rings. The number of aliphatic imine (C=N–C) groups is 1. The fourth-order valence-corrected chi connectivity index (χ4v) is 2.40. The molecule has 22 heavy (non-hydrogen) atoms. The third kappa shape index (κ3) is 5.60. The number of fused-ring (bicyclic) bond motifs is 1. The van der Waals surface area contributed by atoms with Gasteiger partial charge in [-0.25, -0.2) is 9.67 Å². The highest BCUT2D eigenvalue weighted by molar-refractivity contribution is 14.0. The van der Waals surface area contributed by atoms with Crippen molar-refractivity contribution in [3.63, 3.8) is 0 Å². The molecule has 1 aromatic heterocycles. The molecule has 6 nitrogen and oxygen atoms in total. The quantitative estimate of drug-likeness (QED) is 0.418. The summed E-state index contributed by atoms with van der Waals surface area (Å²) in [4.78, 5) is 8.98. The predicted molar refractivity (Wildman–Crippen MR) is 104 cm³/mol. The topological polar surface area (TPSA) is 67.1 Å². The second-order valence-electron chi connectivity index (χ2n) is 5.90. The third-order valence-corrected chi connectivity index (χ3v) is 4.90. The van der Waals surface area contributed by atoms with Crippen molar-refractivity contribution in [1.82, 2.24) is 25.4 Å². The maximum Gasteiger partial charge on any atom is 0.191 e. The van der Waals surface area contributed by atoms with Crippen molar-refractivity contribution in [2.75, 3.05) is 19.3 Å². The van der Waals surface area contributed by atoms with Crippen molar-refractivity contribution < 1.29 is 0 Å². The van der Waals surface area contributed by atoms with Crippen LogP contribution in [0.25, 0.3) is 0 Å². The van der Waals surface area contributed by atoms with Gasteiger partial charge in [0.1, 0.15) is 12.2 Å². The predicted octanol–water partition coefficient (Wildman–Crippen LogP) is 1.91. The Morgan fingerprint density at radius 1 is 1.55 bits per heavy atom. The lowest BCUT2D eigenvalue weighted by Crippen LogP contribution is -2.47. The summed E-state index contributed by atoms with van der Waals surface area (Å²) in [6.45, 7) is 9.04. The van der Waals surface area contributed by atoms with Gasteiger partial charge >= 0.3 is 0 Å². The van der Waals surface area contributed by atoms with Gasteiger partial charge in [-0.15, -0.1) is 24.0 Å². The molecule has 2 rings (SSSR count). The average molecular weight is 438 g/mol. The van der Waals surface area contributed by atoms with Crippen LogP contribution >= 0.6 is 35.7 Å². The smallest absolute Gasteiger partial charge is 0.191 e. The molecule has 0 radical (unpaired) electrons. The molecule has 1 aliphatic heterocycles. The number of hydrogen-bond donors (Lipinski definition) is 2. The van der Waals surface area contributed by atoms with Gasteiger partial charge in [0.25, 0.3) is 0 Å². The van der Waals surface area contributed by atoms with Gasteiger partial charge in [-0.05, 0) is 33.4 Å². The standard InChI is InChI=1S/C14H26N6S.HI/c1-5-15-13(16-9-14(2,3)21-4)19-11-6-7-12-17-10-18-20(12)8-11;/h10-11H,5-9H2,1-4H3,(H2,15,16,19);1H. The Morgan fingerprint density at radius 3 is 3.00 bits per heavy atom. The summed E-state index contributed by atoms with van der Waals surface area (Å²) < 4.78 is 2.14. The maximum atomic E-state index is 4.72. The van der Waals surface area contributed by atoms with Crippen molar-refractivity contribution in [3.8, 4) is 0 Å². The van der Waals surface area contributed by atoms with Gasteiger partial charge in [0.2, 0.25) is 0 Å². The lowest BCUT2D eigenvalue weighted by Gasteiger charge is -2.26. The molecule has 0 saturated carbocycles. The highest BCUT2D eigenvalue weighted by Crippen LogP contribution is 2.21. The number of thioether (sulfide) groups is 1. The van der Waals surface area contributed by atoms with Crippen LogP contribution in [0.2, 0.25) is 0 Å². The molecule has 126 valence electrons. The zero-order valence-electron chi connectivity index (χ0n) is 13.8. The number of hydrogen-bond acceptors (Lipinski definition) is 4. The molecule has 1 aliphatic rings. The Bertz CT molecular complexity index is 487. The Balaban J connectivity index is 0.00000242. The molecule has 2 N–H and O–H groups in total. The zero-order chi connectivity index (χ0) is 15.3. The van der Waals surface area contributed by atoms with Gasteiger partial charge in [0, 0.05) is 23.8 Å². The molecule has 8 heteroatoms. The summed E-state index contributed by atoms with van der Waals surface area (Å²) >= 11 is 1.84. The molecule has 1 atom stereocenters. The minimum atomic E-state index is 0. The first kappa shape index (κ1) is 19.5. The van der Waals surface area contributed by atoms with Crippen LogP contribution in [0, 0.1) is 0 Å². The Labute approximate surface area is 154 Å². The van der Waals surface area contributed by atoms with Gasteiger partial charge in [0.05, 0.1) is 13.1 Å². The van der Waals surface area contributed by atoms with E-state index in [1.165, 1.54) is 0 Å². The number of rotatable bonds is 5. The number of halogens is 1. The summed E-state index contributed by atoms with van der Waals surface area (Å²) in [6, 6.07) is 0.356. The summed E-state index contributed by atoms with van der Waals surface area (Å²) in [7, 11) is 0. The monoisotopic (exact) mass is 438 g/mol. The number of nitrogens with zero attached hydrogens (tertiary/aromatic N) is 4. The van der Waals surface area contributed by atoms with Crippen LogP contribution in [0.3, 0.4) is 0 Å². The van der Waals surface area contributed by atoms with E-state index in [0.717, 1.165) is 44.3 Å². The number of guanidine groups is 1. The fraction of sp³-hybridized carbons (Fsp3) is 0.786. The van der Waals surface area contributed by atoms with E-state index in [1.54, 1.807) is 6.33 Å². The fourth-order valence-electron chi connectivity index (χ4n) is 2.20. The Hall–Kier alpha value is -0.510. The first-order valence-electron chi connectivity index (χ1n) is 7.50. The molecule has 0 spiro atoms. The molecular weight excluding hydrogens is 411 g/mol. The normalized spacial score (nSPS) is 18.4. The maximum absolute atomic E-state index is 4.72. The van der Waals surface area contributed by atoms with E-state index < -0.39 is 0 Å².